The van der Waals surface area contributed by atoms with Gasteiger partial charge >= 0.3 is 18.1 Å². The number of hydrogen-bond acceptors (Lipinski definition) is 2. The maximum atomic E-state index is 12.8. The van der Waals surface area contributed by atoms with E-state index < -0.39 is 41.4 Å². The maximum absolute atomic E-state index is 12.8. The highest BCUT2D eigenvalue weighted by atomic mass is 79.9. The van der Waals surface area contributed by atoms with Gasteiger partial charge in [0.2, 0.25) is 0 Å². The Hall–Kier alpha value is -1.57. The minimum atomic E-state index is -4.51. The number of carboxylic acid groups (broad SMARTS) is 2. The molecule has 1 saturated carbocycles. The maximum Gasteiger partial charge on any atom is 0.417 e. The monoisotopic (exact) mass is 394 g/mol. The fourth-order valence-corrected chi connectivity index (χ4v) is 3.81. The van der Waals surface area contributed by atoms with E-state index in [1.165, 1.54) is 12.1 Å². The summed E-state index contributed by atoms with van der Waals surface area (Å²) in [5.74, 6) is -5.23. The van der Waals surface area contributed by atoms with Gasteiger partial charge in [0.25, 0.3) is 0 Å². The lowest BCUT2D eigenvalue weighted by Crippen LogP contribution is -2.37. The van der Waals surface area contributed by atoms with Gasteiger partial charge in [-0.25, -0.2) is 0 Å². The molecule has 0 radical (unpaired) electrons. The Labute approximate surface area is 138 Å². The van der Waals surface area contributed by atoms with Crippen LogP contribution in [-0.2, 0) is 15.8 Å². The van der Waals surface area contributed by atoms with Gasteiger partial charge in [0.15, 0.2) is 0 Å². The van der Waals surface area contributed by atoms with Crippen LogP contribution in [0.5, 0.6) is 0 Å². The minimum Gasteiger partial charge on any atom is -0.481 e. The molecule has 1 aliphatic carbocycles. The Morgan fingerprint density at radius 2 is 1.78 bits per heavy atom. The highest BCUT2D eigenvalue weighted by molar-refractivity contribution is 9.10. The number of hydrogen-bond donors (Lipinski definition) is 2. The molecule has 1 aromatic carbocycles. The summed E-state index contributed by atoms with van der Waals surface area (Å²) in [5.41, 5.74) is -0.443. The van der Waals surface area contributed by atoms with E-state index >= 15 is 0 Å². The molecule has 4 nitrogen and oxygen atoms in total. The van der Waals surface area contributed by atoms with Crippen LogP contribution in [0.1, 0.15) is 36.3 Å². The molecule has 0 aromatic heterocycles. The molecular formula is C15H14BrF3O4. The number of aliphatic carboxylic acids is 2. The smallest absolute Gasteiger partial charge is 0.417 e. The molecule has 0 spiro atoms. The third kappa shape index (κ3) is 3.68. The first-order valence-electron chi connectivity index (χ1n) is 6.95. The van der Waals surface area contributed by atoms with Crippen molar-refractivity contribution in [3.63, 3.8) is 0 Å². The Bertz CT molecular complexity index is 630. The largest absolute Gasteiger partial charge is 0.481 e. The van der Waals surface area contributed by atoms with Crippen molar-refractivity contribution in [3.8, 4) is 0 Å². The van der Waals surface area contributed by atoms with Gasteiger partial charge in [0.05, 0.1) is 17.4 Å². The van der Waals surface area contributed by atoms with E-state index in [0.717, 1.165) is 6.07 Å². The second-order valence-corrected chi connectivity index (χ2v) is 6.44. The van der Waals surface area contributed by atoms with E-state index in [9.17, 15) is 33.0 Å². The van der Waals surface area contributed by atoms with Crippen LogP contribution in [0, 0.1) is 11.8 Å². The van der Waals surface area contributed by atoms with Crippen LogP contribution < -0.4 is 0 Å². The van der Waals surface area contributed by atoms with Crippen LogP contribution in [0.3, 0.4) is 0 Å². The molecule has 0 heterocycles. The average molecular weight is 395 g/mol. The quantitative estimate of drug-likeness (QED) is 0.807. The molecule has 0 unspecified atom stereocenters. The molecule has 0 bridgehead atoms. The number of carbonyl (C=O) groups is 2. The zero-order valence-electron chi connectivity index (χ0n) is 11.8. The fourth-order valence-electron chi connectivity index (χ4n) is 3.18. The lowest BCUT2D eigenvalue weighted by Gasteiger charge is -2.33. The molecule has 8 heteroatoms. The zero-order valence-corrected chi connectivity index (χ0v) is 13.4. The highest BCUT2D eigenvalue weighted by Gasteiger charge is 2.43. The van der Waals surface area contributed by atoms with Crippen LogP contribution in [0.2, 0.25) is 0 Å². The number of rotatable bonds is 3. The van der Waals surface area contributed by atoms with E-state index in [0.29, 0.717) is 18.4 Å². The van der Waals surface area contributed by atoms with Crippen molar-refractivity contribution in [2.45, 2.75) is 31.4 Å². The molecule has 126 valence electrons. The molecule has 3 atom stereocenters. The van der Waals surface area contributed by atoms with Crippen LogP contribution >= 0.6 is 15.9 Å². The minimum absolute atomic E-state index is 0.177. The van der Waals surface area contributed by atoms with Gasteiger partial charge in [-0.3, -0.25) is 9.59 Å². The van der Waals surface area contributed by atoms with Crippen molar-refractivity contribution in [2.75, 3.05) is 0 Å². The summed E-state index contributed by atoms with van der Waals surface area (Å²) in [6.07, 6.45) is -3.31. The normalized spacial score (nSPS) is 25.1. The average Bonchev–Trinajstić information content (AvgIpc) is 2.44. The third-order valence-electron chi connectivity index (χ3n) is 4.23. The van der Waals surface area contributed by atoms with Crippen molar-refractivity contribution < 1.29 is 33.0 Å². The van der Waals surface area contributed by atoms with Gasteiger partial charge in [0.1, 0.15) is 0 Å². The highest BCUT2D eigenvalue weighted by Crippen LogP contribution is 2.44. The molecule has 1 fully saturated rings. The summed E-state index contributed by atoms with van der Waals surface area (Å²) in [4.78, 5) is 22.8. The zero-order chi connectivity index (χ0) is 17.4. The first-order chi connectivity index (χ1) is 10.6. The summed E-state index contributed by atoms with van der Waals surface area (Å²) in [7, 11) is 0. The molecule has 0 aliphatic heterocycles. The Kier molecular flexibility index (Phi) is 5.03. The third-order valence-corrected chi connectivity index (χ3v) is 4.88. The van der Waals surface area contributed by atoms with Crippen molar-refractivity contribution in [2.24, 2.45) is 11.8 Å². The second kappa shape index (κ2) is 6.51. The van der Waals surface area contributed by atoms with Crippen LogP contribution in [0.25, 0.3) is 0 Å². The summed E-state index contributed by atoms with van der Waals surface area (Å²) in [6, 6.07) is 3.37. The lowest BCUT2D eigenvalue weighted by atomic mass is 9.69. The molecule has 2 rings (SSSR count). The number of halogens is 4. The Balaban J connectivity index is 2.41. The standard InChI is InChI=1S/C15H14BrF3O4/c16-11-6-7(4-5-10(11)15(17,18)19)8-2-1-3-9(13(20)21)12(8)14(22)23/h4-6,8-9,12H,1-3H2,(H,20,21)(H,22,23)/t8-,9-,12+/m1/s1. The lowest BCUT2D eigenvalue weighted by molar-refractivity contribution is -0.156. The first kappa shape index (κ1) is 17.8. The summed E-state index contributed by atoms with van der Waals surface area (Å²) in [6.45, 7) is 0. The molecule has 0 amide bonds. The van der Waals surface area contributed by atoms with Crippen molar-refractivity contribution in [1.29, 1.82) is 0 Å². The summed E-state index contributed by atoms with van der Waals surface area (Å²) >= 11 is 2.87. The van der Waals surface area contributed by atoms with Crippen LogP contribution in [0.15, 0.2) is 22.7 Å². The van der Waals surface area contributed by atoms with Gasteiger partial charge < -0.3 is 10.2 Å². The van der Waals surface area contributed by atoms with Gasteiger partial charge in [-0.1, -0.05) is 28.4 Å². The van der Waals surface area contributed by atoms with Gasteiger partial charge in [-0.05, 0) is 36.5 Å². The molecule has 2 N–H and O–H groups in total. The van der Waals surface area contributed by atoms with E-state index in [4.69, 9.17) is 0 Å². The Morgan fingerprint density at radius 1 is 1.13 bits per heavy atom. The van der Waals surface area contributed by atoms with Crippen molar-refractivity contribution in [1.82, 2.24) is 0 Å². The van der Waals surface area contributed by atoms with Gasteiger partial charge in [0, 0.05) is 4.47 Å². The van der Waals surface area contributed by atoms with E-state index in [-0.39, 0.29) is 10.9 Å². The number of alkyl halides is 3. The SMILES string of the molecule is O=C(O)[C@H]1[C@@H](c2ccc(C(F)(F)F)c(Br)c2)CCC[C@H]1C(=O)O. The predicted molar refractivity (Wildman–Crippen MR) is 78.0 cm³/mol. The molecule has 23 heavy (non-hydrogen) atoms. The summed E-state index contributed by atoms with van der Waals surface area (Å²) < 4.78 is 38.2. The van der Waals surface area contributed by atoms with E-state index in [1.807, 2.05) is 0 Å². The van der Waals surface area contributed by atoms with Gasteiger partial charge in [-0.2, -0.15) is 13.2 Å². The summed E-state index contributed by atoms with van der Waals surface area (Å²) in [5, 5.41) is 18.6. The molecule has 0 saturated heterocycles. The first-order valence-corrected chi connectivity index (χ1v) is 7.74. The van der Waals surface area contributed by atoms with Crippen LogP contribution in [-0.4, -0.2) is 22.2 Å². The van der Waals surface area contributed by atoms with Crippen molar-refractivity contribution >= 4 is 27.9 Å². The van der Waals surface area contributed by atoms with Crippen molar-refractivity contribution in [3.05, 3.63) is 33.8 Å². The van der Waals surface area contributed by atoms with E-state index in [2.05, 4.69) is 15.9 Å². The molecular weight excluding hydrogens is 381 g/mol. The number of carboxylic acids is 2. The topological polar surface area (TPSA) is 74.6 Å². The van der Waals surface area contributed by atoms with Crippen LogP contribution in [0.4, 0.5) is 13.2 Å². The second-order valence-electron chi connectivity index (χ2n) is 5.58. The predicted octanol–water partition coefficient (Wildman–Crippen LogP) is 4.14. The van der Waals surface area contributed by atoms with Gasteiger partial charge in [-0.15, -0.1) is 0 Å². The molecule has 1 aliphatic rings. The fraction of sp³-hybridized carbons (Fsp3) is 0.467. The van der Waals surface area contributed by atoms with E-state index in [1.54, 1.807) is 0 Å². The molecule has 1 aromatic rings. The Morgan fingerprint density at radius 3 is 2.26 bits per heavy atom. The number of benzene rings is 1.